The van der Waals surface area contributed by atoms with E-state index in [1.54, 1.807) is 37.4 Å². The summed E-state index contributed by atoms with van der Waals surface area (Å²) in [5, 5.41) is 0. The van der Waals surface area contributed by atoms with Gasteiger partial charge in [0.25, 0.3) is 15.9 Å². The molecule has 0 bridgehead atoms. The van der Waals surface area contributed by atoms with Crippen molar-refractivity contribution in [1.29, 1.82) is 0 Å². The fourth-order valence-electron chi connectivity index (χ4n) is 3.61. The molecule has 2 aliphatic rings. The molecular formula is C20H21N3O4S. The highest BCUT2D eigenvalue weighted by atomic mass is 32.2. The van der Waals surface area contributed by atoms with Crippen LogP contribution in [0.5, 0.6) is 0 Å². The molecule has 7 nitrogen and oxygen atoms in total. The summed E-state index contributed by atoms with van der Waals surface area (Å²) in [7, 11) is -2.12. The van der Waals surface area contributed by atoms with Gasteiger partial charge in [-0.2, -0.15) is 0 Å². The lowest BCUT2D eigenvalue weighted by Gasteiger charge is -2.15. The van der Waals surface area contributed by atoms with Crippen LogP contribution in [0.4, 0.5) is 11.4 Å². The number of hydrogen-bond donors (Lipinski definition) is 1. The Morgan fingerprint density at radius 3 is 2.39 bits per heavy atom. The number of hydrogen-bond acceptors (Lipinski definition) is 4. The maximum Gasteiger partial charge on any atom is 0.261 e. The van der Waals surface area contributed by atoms with Crippen molar-refractivity contribution in [2.75, 3.05) is 29.8 Å². The van der Waals surface area contributed by atoms with Crippen LogP contribution < -0.4 is 9.62 Å². The van der Waals surface area contributed by atoms with Crippen molar-refractivity contribution in [3.05, 3.63) is 53.6 Å². The number of likely N-dealkylation sites (N-methyl/N-ethyl adjacent to an activating group) is 1. The Hall–Kier alpha value is -2.87. The van der Waals surface area contributed by atoms with Crippen LogP contribution in [-0.2, 0) is 21.2 Å². The molecule has 0 aromatic heterocycles. The highest BCUT2D eigenvalue weighted by Gasteiger charge is 2.26. The number of fused-ring (bicyclic) bond motifs is 1. The van der Waals surface area contributed by atoms with Crippen molar-refractivity contribution in [3.8, 4) is 0 Å². The molecule has 0 spiro atoms. The van der Waals surface area contributed by atoms with E-state index in [0.29, 0.717) is 16.8 Å². The molecule has 2 amide bonds. The van der Waals surface area contributed by atoms with Gasteiger partial charge in [0.15, 0.2) is 0 Å². The zero-order chi connectivity index (χ0) is 19.9. The van der Waals surface area contributed by atoms with Gasteiger partial charge in [-0.3, -0.25) is 14.3 Å². The minimum atomic E-state index is -3.79. The highest BCUT2D eigenvalue weighted by Crippen LogP contribution is 2.30. The summed E-state index contributed by atoms with van der Waals surface area (Å²) in [4.78, 5) is 27.6. The monoisotopic (exact) mass is 399 g/mol. The quantitative estimate of drug-likeness (QED) is 0.854. The number of amides is 2. The standard InChI is InChI=1S/C20H21N3O4S/c1-22-18-9-8-17(12-15(18)13-19(22)24)28(26,27)21-16-6-4-14(5-7-16)20(25)23-10-2-3-11-23/h4-9,12,21H,2-3,10-11,13H2,1H3. The van der Waals surface area contributed by atoms with Crippen molar-refractivity contribution in [1.82, 2.24) is 4.90 Å². The molecule has 4 rings (SSSR count). The summed E-state index contributed by atoms with van der Waals surface area (Å²) in [6.07, 6.45) is 2.24. The number of carbonyl (C=O) groups excluding carboxylic acids is 2. The lowest BCUT2D eigenvalue weighted by atomic mass is 10.2. The number of benzene rings is 2. The Balaban J connectivity index is 1.51. The largest absolute Gasteiger partial charge is 0.339 e. The minimum Gasteiger partial charge on any atom is -0.339 e. The molecule has 0 atom stereocenters. The molecule has 8 heteroatoms. The lowest BCUT2D eigenvalue weighted by molar-refractivity contribution is -0.117. The molecule has 28 heavy (non-hydrogen) atoms. The molecule has 146 valence electrons. The van der Waals surface area contributed by atoms with Gasteiger partial charge in [-0.05, 0) is 60.9 Å². The third-order valence-corrected chi connectivity index (χ3v) is 6.59. The van der Waals surface area contributed by atoms with Crippen LogP contribution in [0.15, 0.2) is 47.4 Å². The normalized spacial score (nSPS) is 16.4. The van der Waals surface area contributed by atoms with Gasteiger partial charge in [-0.1, -0.05) is 0 Å². The maximum absolute atomic E-state index is 12.7. The third kappa shape index (κ3) is 3.35. The fraction of sp³-hybridized carbons (Fsp3) is 0.300. The second-order valence-electron chi connectivity index (χ2n) is 7.10. The Morgan fingerprint density at radius 2 is 1.71 bits per heavy atom. The zero-order valence-corrected chi connectivity index (χ0v) is 16.3. The molecule has 0 radical (unpaired) electrons. The van der Waals surface area contributed by atoms with E-state index in [4.69, 9.17) is 0 Å². The zero-order valence-electron chi connectivity index (χ0n) is 15.5. The van der Waals surface area contributed by atoms with Crippen LogP contribution >= 0.6 is 0 Å². The summed E-state index contributed by atoms with van der Waals surface area (Å²) in [5.41, 5.74) is 2.35. The minimum absolute atomic E-state index is 0.0284. The second-order valence-corrected chi connectivity index (χ2v) is 8.78. The topological polar surface area (TPSA) is 86.8 Å². The Bertz CT molecular complexity index is 1040. The first-order chi connectivity index (χ1) is 13.3. The Kier molecular flexibility index (Phi) is 4.58. The maximum atomic E-state index is 12.7. The third-order valence-electron chi connectivity index (χ3n) is 5.22. The first-order valence-electron chi connectivity index (χ1n) is 9.17. The van der Waals surface area contributed by atoms with Gasteiger partial charge in [-0.15, -0.1) is 0 Å². The number of likely N-dealkylation sites (tertiary alicyclic amines) is 1. The number of rotatable bonds is 4. The van der Waals surface area contributed by atoms with E-state index >= 15 is 0 Å². The molecule has 0 aliphatic carbocycles. The molecule has 1 saturated heterocycles. The van der Waals surface area contributed by atoms with Crippen LogP contribution in [0.1, 0.15) is 28.8 Å². The van der Waals surface area contributed by atoms with E-state index in [9.17, 15) is 18.0 Å². The summed E-state index contributed by atoms with van der Waals surface area (Å²) in [6, 6.07) is 11.1. The van der Waals surface area contributed by atoms with E-state index in [2.05, 4.69) is 4.72 Å². The molecule has 1 N–H and O–H groups in total. The van der Waals surface area contributed by atoms with Gasteiger partial charge < -0.3 is 9.80 Å². The van der Waals surface area contributed by atoms with Gasteiger partial charge in [0, 0.05) is 37.1 Å². The van der Waals surface area contributed by atoms with Crippen molar-refractivity contribution in [3.63, 3.8) is 0 Å². The second kappa shape index (κ2) is 6.94. The molecule has 2 aromatic rings. The summed E-state index contributed by atoms with van der Waals surface area (Å²) < 4.78 is 27.9. The number of sulfonamides is 1. The van der Waals surface area contributed by atoms with Crippen molar-refractivity contribution in [2.45, 2.75) is 24.2 Å². The smallest absolute Gasteiger partial charge is 0.261 e. The summed E-state index contributed by atoms with van der Waals surface area (Å²) in [5.74, 6) is -0.0879. The molecule has 1 fully saturated rings. The molecule has 0 unspecified atom stereocenters. The Morgan fingerprint density at radius 1 is 1.04 bits per heavy atom. The average molecular weight is 399 g/mol. The van der Waals surface area contributed by atoms with E-state index in [1.165, 1.54) is 17.0 Å². The van der Waals surface area contributed by atoms with E-state index in [1.807, 2.05) is 4.90 Å². The van der Waals surface area contributed by atoms with E-state index < -0.39 is 10.0 Å². The van der Waals surface area contributed by atoms with Gasteiger partial charge in [0.05, 0.1) is 11.3 Å². The first-order valence-corrected chi connectivity index (χ1v) is 10.6. The van der Waals surface area contributed by atoms with Crippen LogP contribution in [0.3, 0.4) is 0 Å². The highest BCUT2D eigenvalue weighted by molar-refractivity contribution is 7.92. The molecule has 0 saturated carbocycles. The predicted molar refractivity (Wildman–Crippen MR) is 106 cm³/mol. The Labute approximate surface area is 164 Å². The van der Waals surface area contributed by atoms with E-state index in [0.717, 1.165) is 31.6 Å². The number of nitrogens with one attached hydrogen (secondary N) is 1. The number of nitrogens with zero attached hydrogens (tertiary/aromatic N) is 2. The van der Waals surface area contributed by atoms with Gasteiger partial charge in [0.1, 0.15) is 0 Å². The van der Waals surface area contributed by atoms with E-state index in [-0.39, 0.29) is 23.1 Å². The lowest BCUT2D eigenvalue weighted by Crippen LogP contribution is -2.27. The van der Waals surface area contributed by atoms with Gasteiger partial charge in [-0.25, -0.2) is 8.42 Å². The first kappa shape index (κ1) is 18.5. The SMILES string of the molecule is CN1C(=O)Cc2cc(S(=O)(=O)Nc3ccc(C(=O)N4CCCC4)cc3)ccc21. The van der Waals surface area contributed by atoms with Crippen LogP contribution in [0, 0.1) is 0 Å². The summed E-state index contributed by atoms with van der Waals surface area (Å²) in [6.45, 7) is 1.53. The molecule has 2 aliphatic heterocycles. The molecular weight excluding hydrogens is 378 g/mol. The molecule has 2 heterocycles. The van der Waals surface area contributed by atoms with Crippen molar-refractivity contribution in [2.24, 2.45) is 0 Å². The fourth-order valence-corrected chi connectivity index (χ4v) is 4.72. The average Bonchev–Trinajstić information content (AvgIpc) is 3.30. The van der Waals surface area contributed by atoms with Gasteiger partial charge in [0.2, 0.25) is 5.91 Å². The molecule has 2 aromatic carbocycles. The van der Waals surface area contributed by atoms with Crippen molar-refractivity contribution >= 4 is 33.2 Å². The number of anilines is 2. The number of carbonyl (C=O) groups is 2. The van der Waals surface area contributed by atoms with Crippen LogP contribution in [0.25, 0.3) is 0 Å². The van der Waals surface area contributed by atoms with Gasteiger partial charge >= 0.3 is 0 Å². The van der Waals surface area contributed by atoms with Crippen LogP contribution in [-0.4, -0.2) is 45.3 Å². The summed E-state index contributed by atoms with van der Waals surface area (Å²) >= 11 is 0. The van der Waals surface area contributed by atoms with Crippen molar-refractivity contribution < 1.29 is 18.0 Å². The van der Waals surface area contributed by atoms with Crippen LogP contribution in [0.2, 0.25) is 0 Å². The predicted octanol–water partition coefficient (Wildman–Crippen LogP) is 2.24.